The monoisotopic (exact) mass is 198 g/mol. The van der Waals surface area contributed by atoms with Gasteiger partial charge in [-0.2, -0.15) is 12.7 Å². The lowest BCUT2D eigenvalue weighted by atomic mass is 10.3. The Balaban J connectivity index is 2.14. The van der Waals surface area contributed by atoms with E-state index >= 15 is 0 Å². The van der Waals surface area contributed by atoms with Gasteiger partial charge in [-0.1, -0.05) is 18.2 Å². The maximum atomic E-state index is 11.4. The lowest BCUT2D eigenvalue weighted by Gasteiger charge is -2.06. The zero-order chi connectivity index (χ0) is 9.31. The third-order valence-electron chi connectivity index (χ3n) is 1.77. The number of anilines is 1. The first kappa shape index (κ1) is 8.52. The molecule has 0 radical (unpaired) electrons. The molecule has 1 aromatic rings. The molecule has 5 heteroatoms. The van der Waals surface area contributed by atoms with Crippen LogP contribution in [-0.2, 0) is 10.2 Å². The lowest BCUT2D eigenvalue weighted by Crippen LogP contribution is -2.20. The van der Waals surface area contributed by atoms with Crippen molar-refractivity contribution in [2.75, 3.05) is 17.8 Å². The zero-order valence-electron chi connectivity index (χ0n) is 6.97. The average molecular weight is 198 g/mol. The van der Waals surface area contributed by atoms with Gasteiger partial charge in [-0.05, 0) is 12.1 Å². The van der Waals surface area contributed by atoms with E-state index in [-0.39, 0.29) is 0 Å². The average Bonchev–Trinajstić information content (AvgIpc) is 2.87. The summed E-state index contributed by atoms with van der Waals surface area (Å²) in [5.41, 5.74) is 0.606. The molecule has 70 valence electrons. The molecule has 0 spiro atoms. The van der Waals surface area contributed by atoms with Crippen LogP contribution in [0.25, 0.3) is 0 Å². The largest absolute Gasteiger partial charge is 0.301 e. The van der Waals surface area contributed by atoms with E-state index in [1.807, 2.05) is 6.07 Å². The molecule has 0 unspecified atom stereocenters. The topological polar surface area (TPSA) is 49.2 Å². The molecule has 0 bridgehead atoms. The molecular formula is C8H10N2O2S. The van der Waals surface area contributed by atoms with E-state index in [9.17, 15) is 8.42 Å². The molecule has 1 N–H and O–H groups in total. The number of hydrogen-bond donors (Lipinski definition) is 1. The fourth-order valence-electron chi connectivity index (χ4n) is 1.00. The first-order valence-electron chi connectivity index (χ1n) is 4.01. The first-order valence-corrected chi connectivity index (χ1v) is 5.45. The van der Waals surface area contributed by atoms with Crippen molar-refractivity contribution in [3.05, 3.63) is 30.3 Å². The van der Waals surface area contributed by atoms with Crippen molar-refractivity contribution in [3.8, 4) is 0 Å². The van der Waals surface area contributed by atoms with E-state index < -0.39 is 10.2 Å². The summed E-state index contributed by atoms with van der Waals surface area (Å²) in [7, 11) is -3.26. The van der Waals surface area contributed by atoms with Crippen LogP contribution < -0.4 is 4.72 Å². The highest BCUT2D eigenvalue weighted by Gasteiger charge is 2.31. The SMILES string of the molecule is O=S(=O)(Nc1ccccc1)N1CC1. The second-order valence-corrected chi connectivity index (χ2v) is 4.54. The van der Waals surface area contributed by atoms with E-state index in [4.69, 9.17) is 0 Å². The molecule has 1 saturated heterocycles. The van der Waals surface area contributed by atoms with Crippen molar-refractivity contribution < 1.29 is 8.42 Å². The third kappa shape index (κ3) is 1.99. The first-order chi connectivity index (χ1) is 6.18. The fraction of sp³-hybridized carbons (Fsp3) is 0.250. The number of nitrogens with zero attached hydrogens (tertiary/aromatic N) is 1. The Morgan fingerprint density at radius 3 is 2.31 bits per heavy atom. The van der Waals surface area contributed by atoms with Crippen LogP contribution in [0.2, 0.25) is 0 Å². The molecule has 13 heavy (non-hydrogen) atoms. The Kier molecular flexibility index (Phi) is 1.97. The number of hydrogen-bond acceptors (Lipinski definition) is 2. The van der Waals surface area contributed by atoms with Crippen LogP contribution in [0, 0.1) is 0 Å². The normalized spacial score (nSPS) is 16.9. The highest BCUT2D eigenvalue weighted by atomic mass is 32.2. The van der Waals surface area contributed by atoms with Crippen molar-refractivity contribution in [3.63, 3.8) is 0 Å². The van der Waals surface area contributed by atoms with Gasteiger partial charge in [0.15, 0.2) is 0 Å². The van der Waals surface area contributed by atoms with Crippen molar-refractivity contribution in [1.82, 2.24) is 4.31 Å². The maximum absolute atomic E-state index is 11.4. The predicted molar refractivity (Wildman–Crippen MR) is 50.6 cm³/mol. The van der Waals surface area contributed by atoms with Gasteiger partial charge in [0.1, 0.15) is 0 Å². The molecule has 0 amide bonds. The summed E-state index contributed by atoms with van der Waals surface area (Å²) in [6.07, 6.45) is 0. The molecular weight excluding hydrogens is 188 g/mol. The smallest absolute Gasteiger partial charge is 0.271 e. The molecule has 4 nitrogen and oxygen atoms in total. The molecule has 1 aliphatic heterocycles. The van der Waals surface area contributed by atoms with Crippen molar-refractivity contribution in [2.24, 2.45) is 0 Å². The molecule has 1 aromatic carbocycles. The van der Waals surface area contributed by atoms with Gasteiger partial charge in [-0.3, -0.25) is 4.72 Å². The second kappa shape index (κ2) is 3.01. The van der Waals surface area contributed by atoms with Gasteiger partial charge in [0, 0.05) is 18.8 Å². The van der Waals surface area contributed by atoms with Crippen LogP contribution in [0.5, 0.6) is 0 Å². The Labute approximate surface area is 77.4 Å². The van der Waals surface area contributed by atoms with E-state index in [1.165, 1.54) is 4.31 Å². The van der Waals surface area contributed by atoms with Crippen molar-refractivity contribution >= 4 is 15.9 Å². The quantitative estimate of drug-likeness (QED) is 0.725. The Morgan fingerprint density at radius 2 is 1.77 bits per heavy atom. The summed E-state index contributed by atoms with van der Waals surface area (Å²) in [6, 6.07) is 8.87. The maximum Gasteiger partial charge on any atom is 0.301 e. The molecule has 0 saturated carbocycles. The van der Waals surface area contributed by atoms with Gasteiger partial charge in [0.05, 0.1) is 0 Å². The van der Waals surface area contributed by atoms with Crippen LogP contribution in [0.15, 0.2) is 30.3 Å². The van der Waals surface area contributed by atoms with Gasteiger partial charge in [-0.25, -0.2) is 0 Å². The highest BCUT2D eigenvalue weighted by molar-refractivity contribution is 7.90. The zero-order valence-corrected chi connectivity index (χ0v) is 7.79. The minimum absolute atomic E-state index is 0.606. The molecule has 1 aliphatic rings. The number of rotatable bonds is 3. The van der Waals surface area contributed by atoms with E-state index in [1.54, 1.807) is 24.3 Å². The summed E-state index contributed by atoms with van der Waals surface area (Å²) in [5.74, 6) is 0. The van der Waals surface area contributed by atoms with Crippen LogP contribution in [0.4, 0.5) is 5.69 Å². The summed E-state index contributed by atoms with van der Waals surface area (Å²) < 4.78 is 26.6. The number of benzene rings is 1. The van der Waals surface area contributed by atoms with Gasteiger partial charge < -0.3 is 0 Å². The summed E-state index contributed by atoms with van der Waals surface area (Å²) in [4.78, 5) is 0. The molecule has 2 rings (SSSR count). The number of para-hydroxylation sites is 1. The van der Waals surface area contributed by atoms with Crippen LogP contribution >= 0.6 is 0 Å². The van der Waals surface area contributed by atoms with Crippen molar-refractivity contribution in [1.29, 1.82) is 0 Å². The molecule has 0 aromatic heterocycles. The predicted octanol–water partition coefficient (Wildman–Crippen LogP) is 0.659. The molecule has 0 aliphatic carbocycles. The summed E-state index contributed by atoms with van der Waals surface area (Å²) in [6.45, 7) is 1.25. The van der Waals surface area contributed by atoms with Crippen LogP contribution in [0.1, 0.15) is 0 Å². The van der Waals surface area contributed by atoms with Gasteiger partial charge in [0.2, 0.25) is 0 Å². The molecule has 1 heterocycles. The standard InChI is InChI=1S/C8H10N2O2S/c11-13(12,10-6-7-10)9-8-4-2-1-3-5-8/h1-5,9H,6-7H2. The Hall–Kier alpha value is -1.07. The highest BCUT2D eigenvalue weighted by Crippen LogP contribution is 2.15. The van der Waals surface area contributed by atoms with E-state index in [0.29, 0.717) is 18.8 Å². The van der Waals surface area contributed by atoms with Gasteiger partial charge >= 0.3 is 10.2 Å². The fourth-order valence-corrected chi connectivity index (χ4v) is 2.13. The minimum atomic E-state index is -3.26. The van der Waals surface area contributed by atoms with E-state index in [2.05, 4.69) is 4.72 Å². The summed E-state index contributed by atoms with van der Waals surface area (Å²) in [5, 5.41) is 0. The Morgan fingerprint density at radius 1 is 1.15 bits per heavy atom. The molecule has 1 fully saturated rings. The Bertz CT molecular complexity index is 384. The lowest BCUT2D eigenvalue weighted by molar-refractivity contribution is 0.569. The van der Waals surface area contributed by atoms with Crippen LogP contribution in [0.3, 0.4) is 0 Å². The second-order valence-electron chi connectivity index (χ2n) is 2.87. The van der Waals surface area contributed by atoms with E-state index in [0.717, 1.165) is 0 Å². The molecule has 0 atom stereocenters. The number of nitrogens with one attached hydrogen (secondary N) is 1. The van der Waals surface area contributed by atoms with Gasteiger partial charge in [-0.15, -0.1) is 0 Å². The van der Waals surface area contributed by atoms with Gasteiger partial charge in [0.25, 0.3) is 0 Å². The minimum Gasteiger partial charge on any atom is -0.271 e. The van der Waals surface area contributed by atoms with Crippen molar-refractivity contribution in [2.45, 2.75) is 0 Å². The third-order valence-corrected chi connectivity index (χ3v) is 3.31. The summed E-state index contributed by atoms with van der Waals surface area (Å²) >= 11 is 0. The van der Waals surface area contributed by atoms with Crippen LogP contribution in [-0.4, -0.2) is 25.8 Å².